The molecule has 0 bridgehead atoms. The summed E-state index contributed by atoms with van der Waals surface area (Å²) >= 11 is 5.84. The molecular weight excluding hydrogens is 290 g/mol. The molecule has 0 saturated carbocycles. The third-order valence-electron chi connectivity index (χ3n) is 3.20. The standard InChI is InChI=1S/C16H18ClNOS/c1-12-8-14(9-18)2-5-15(12)11-20(19)10-13-3-6-16(17)7-4-13/h2-8H,9-11,18H2,1H3. The zero-order chi connectivity index (χ0) is 14.5. The summed E-state index contributed by atoms with van der Waals surface area (Å²) in [7, 11) is -0.922. The molecular formula is C16H18ClNOS. The van der Waals surface area contributed by atoms with Gasteiger partial charge in [0.1, 0.15) is 0 Å². The third-order valence-corrected chi connectivity index (χ3v) is 4.74. The number of aryl methyl sites for hydroxylation is 1. The molecule has 0 radical (unpaired) electrons. The van der Waals surface area contributed by atoms with Crippen molar-refractivity contribution in [1.82, 2.24) is 0 Å². The molecule has 0 aliphatic carbocycles. The van der Waals surface area contributed by atoms with Gasteiger partial charge in [-0.05, 0) is 41.3 Å². The summed E-state index contributed by atoms with van der Waals surface area (Å²) in [5, 5.41) is 0.702. The molecule has 0 spiro atoms. The number of nitrogens with two attached hydrogens (primary N) is 1. The van der Waals surface area contributed by atoms with E-state index in [4.69, 9.17) is 17.3 Å². The fourth-order valence-electron chi connectivity index (χ4n) is 2.04. The normalized spacial score (nSPS) is 12.3. The lowest BCUT2D eigenvalue weighted by molar-refractivity contribution is 0.682. The summed E-state index contributed by atoms with van der Waals surface area (Å²) in [4.78, 5) is 0. The van der Waals surface area contributed by atoms with Crippen LogP contribution in [0.2, 0.25) is 5.02 Å². The van der Waals surface area contributed by atoms with Gasteiger partial charge in [-0.1, -0.05) is 41.9 Å². The van der Waals surface area contributed by atoms with Crippen LogP contribution in [-0.2, 0) is 28.9 Å². The van der Waals surface area contributed by atoms with E-state index in [2.05, 4.69) is 6.07 Å². The van der Waals surface area contributed by atoms with Crippen LogP contribution in [-0.4, -0.2) is 4.21 Å². The highest BCUT2D eigenvalue weighted by atomic mass is 35.5. The Labute approximate surface area is 127 Å². The summed E-state index contributed by atoms with van der Waals surface area (Å²) in [6.45, 7) is 2.57. The second kappa shape index (κ2) is 7.02. The predicted molar refractivity (Wildman–Crippen MR) is 86.1 cm³/mol. The van der Waals surface area contributed by atoms with Crippen LogP contribution in [0.25, 0.3) is 0 Å². The van der Waals surface area contributed by atoms with Gasteiger partial charge >= 0.3 is 0 Å². The minimum Gasteiger partial charge on any atom is -0.326 e. The van der Waals surface area contributed by atoms with Crippen molar-refractivity contribution in [1.29, 1.82) is 0 Å². The molecule has 2 N–H and O–H groups in total. The Kier molecular flexibility index (Phi) is 5.35. The van der Waals surface area contributed by atoms with Gasteiger partial charge in [0.05, 0.1) is 0 Å². The van der Waals surface area contributed by atoms with Crippen molar-refractivity contribution in [2.24, 2.45) is 5.73 Å². The first kappa shape index (κ1) is 15.2. The summed E-state index contributed by atoms with van der Waals surface area (Å²) in [5.74, 6) is 1.12. The lowest BCUT2D eigenvalue weighted by Crippen LogP contribution is -2.03. The van der Waals surface area contributed by atoms with Crippen LogP contribution in [0.4, 0.5) is 0 Å². The maximum atomic E-state index is 12.2. The summed E-state index contributed by atoms with van der Waals surface area (Å²) in [6.07, 6.45) is 0. The fraction of sp³-hybridized carbons (Fsp3) is 0.250. The van der Waals surface area contributed by atoms with Crippen LogP contribution in [0.15, 0.2) is 42.5 Å². The highest BCUT2D eigenvalue weighted by molar-refractivity contribution is 7.83. The van der Waals surface area contributed by atoms with E-state index < -0.39 is 10.8 Å². The zero-order valence-electron chi connectivity index (χ0n) is 11.4. The summed E-state index contributed by atoms with van der Waals surface area (Å²) < 4.78 is 12.2. The number of hydrogen-bond acceptors (Lipinski definition) is 2. The van der Waals surface area contributed by atoms with Crippen molar-refractivity contribution in [3.05, 3.63) is 69.7 Å². The average molecular weight is 308 g/mol. The Balaban J connectivity index is 2.02. The Bertz CT molecular complexity index is 610. The quantitative estimate of drug-likeness (QED) is 0.918. The van der Waals surface area contributed by atoms with Crippen LogP contribution >= 0.6 is 11.6 Å². The van der Waals surface area contributed by atoms with Gasteiger partial charge in [-0.15, -0.1) is 0 Å². The monoisotopic (exact) mass is 307 g/mol. The van der Waals surface area contributed by atoms with E-state index in [0.717, 1.165) is 22.3 Å². The number of halogens is 1. The molecule has 0 aliphatic rings. The molecule has 2 rings (SSSR count). The van der Waals surface area contributed by atoms with E-state index in [0.29, 0.717) is 23.1 Å². The molecule has 0 saturated heterocycles. The zero-order valence-corrected chi connectivity index (χ0v) is 13.0. The van der Waals surface area contributed by atoms with E-state index in [1.807, 2.05) is 43.3 Å². The average Bonchev–Trinajstić information content (AvgIpc) is 2.43. The van der Waals surface area contributed by atoms with Gasteiger partial charge in [0.25, 0.3) is 0 Å². The van der Waals surface area contributed by atoms with E-state index in [-0.39, 0.29) is 0 Å². The van der Waals surface area contributed by atoms with Gasteiger partial charge in [0.15, 0.2) is 0 Å². The van der Waals surface area contributed by atoms with Crippen LogP contribution in [0.5, 0.6) is 0 Å². The van der Waals surface area contributed by atoms with E-state index in [1.54, 1.807) is 0 Å². The molecule has 1 unspecified atom stereocenters. The molecule has 0 heterocycles. The maximum Gasteiger partial charge on any atom is 0.0491 e. The predicted octanol–water partition coefficient (Wildman–Crippen LogP) is 3.56. The molecule has 0 amide bonds. The minimum absolute atomic E-state index is 0.537. The molecule has 1 atom stereocenters. The molecule has 2 aromatic rings. The number of rotatable bonds is 5. The molecule has 2 aromatic carbocycles. The Morgan fingerprint density at radius 2 is 1.70 bits per heavy atom. The third kappa shape index (κ3) is 4.17. The van der Waals surface area contributed by atoms with Crippen molar-refractivity contribution >= 4 is 22.4 Å². The first-order valence-corrected chi connectivity index (χ1v) is 8.33. The highest BCUT2D eigenvalue weighted by Gasteiger charge is 2.06. The minimum atomic E-state index is -0.922. The van der Waals surface area contributed by atoms with Crippen LogP contribution in [0.1, 0.15) is 22.3 Å². The lowest BCUT2D eigenvalue weighted by atomic mass is 10.1. The largest absolute Gasteiger partial charge is 0.326 e. The van der Waals surface area contributed by atoms with Gasteiger partial charge in [-0.25, -0.2) is 0 Å². The van der Waals surface area contributed by atoms with Crippen LogP contribution in [0, 0.1) is 6.92 Å². The Morgan fingerprint density at radius 1 is 1.05 bits per heavy atom. The van der Waals surface area contributed by atoms with Gasteiger partial charge < -0.3 is 5.73 Å². The molecule has 0 fully saturated rings. The summed E-state index contributed by atoms with van der Waals surface area (Å²) in [5.41, 5.74) is 10.0. The van der Waals surface area contributed by atoms with Crippen molar-refractivity contribution in [2.75, 3.05) is 0 Å². The van der Waals surface area contributed by atoms with E-state index in [1.165, 1.54) is 0 Å². The van der Waals surface area contributed by atoms with Crippen molar-refractivity contribution in [3.8, 4) is 0 Å². The van der Waals surface area contributed by atoms with Crippen LogP contribution in [0.3, 0.4) is 0 Å². The smallest absolute Gasteiger partial charge is 0.0491 e. The van der Waals surface area contributed by atoms with Gasteiger partial charge in [0.2, 0.25) is 0 Å². The Morgan fingerprint density at radius 3 is 2.30 bits per heavy atom. The van der Waals surface area contributed by atoms with E-state index in [9.17, 15) is 4.21 Å². The van der Waals surface area contributed by atoms with Crippen molar-refractivity contribution < 1.29 is 4.21 Å². The first-order valence-electron chi connectivity index (χ1n) is 6.46. The molecule has 4 heteroatoms. The molecule has 20 heavy (non-hydrogen) atoms. The van der Waals surface area contributed by atoms with Crippen molar-refractivity contribution in [3.63, 3.8) is 0 Å². The molecule has 0 aromatic heterocycles. The SMILES string of the molecule is Cc1cc(CN)ccc1CS(=O)Cc1ccc(Cl)cc1. The second-order valence-corrected chi connectivity index (χ2v) is 6.71. The number of hydrogen-bond donors (Lipinski definition) is 1. The fourth-order valence-corrected chi connectivity index (χ4v) is 3.50. The first-order chi connectivity index (χ1) is 9.58. The van der Waals surface area contributed by atoms with Crippen LogP contribution < -0.4 is 5.73 Å². The van der Waals surface area contributed by atoms with Gasteiger partial charge in [0, 0.05) is 33.9 Å². The lowest BCUT2D eigenvalue weighted by Gasteiger charge is -2.08. The van der Waals surface area contributed by atoms with Crippen molar-refractivity contribution in [2.45, 2.75) is 25.0 Å². The maximum absolute atomic E-state index is 12.2. The second-order valence-electron chi connectivity index (χ2n) is 4.82. The van der Waals surface area contributed by atoms with Gasteiger partial charge in [-0.2, -0.15) is 0 Å². The number of benzene rings is 2. The van der Waals surface area contributed by atoms with E-state index >= 15 is 0 Å². The highest BCUT2D eigenvalue weighted by Crippen LogP contribution is 2.16. The van der Waals surface area contributed by atoms with Gasteiger partial charge in [-0.3, -0.25) is 4.21 Å². The molecule has 2 nitrogen and oxygen atoms in total. The Hall–Kier alpha value is -1.16. The topological polar surface area (TPSA) is 43.1 Å². The summed E-state index contributed by atoms with van der Waals surface area (Å²) in [6, 6.07) is 13.6. The molecule has 106 valence electrons. The molecule has 0 aliphatic heterocycles.